The Morgan fingerprint density at radius 1 is 0.591 bits per heavy atom. The SMILES string of the molecule is CCCCCCCCCCCCCC(=O)OCC(COCCC(C)(C)OCN)OC(=O)CCCCCCCCCCCCC. The molecular formula is C37H73NO6. The molecule has 0 spiro atoms. The molecule has 0 aliphatic heterocycles. The topological polar surface area (TPSA) is 97.1 Å². The monoisotopic (exact) mass is 628 g/mol. The number of hydrogen-bond acceptors (Lipinski definition) is 7. The van der Waals surface area contributed by atoms with Crippen LogP contribution in [-0.4, -0.2) is 50.2 Å². The van der Waals surface area contributed by atoms with Gasteiger partial charge in [-0.25, -0.2) is 0 Å². The molecule has 7 heteroatoms. The Morgan fingerprint density at radius 3 is 1.43 bits per heavy atom. The lowest BCUT2D eigenvalue weighted by Gasteiger charge is -2.25. The first-order chi connectivity index (χ1) is 21.3. The van der Waals surface area contributed by atoms with E-state index in [4.69, 9.17) is 24.7 Å². The van der Waals surface area contributed by atoms with E-state index in [2.05, 4.69) is 13.8 Å². The third-order valence-electron chi connectivity index (χ3n) is 8.32. The number of hydrogen-bond donors (Lipinski definition) is 1. The van der Waals surface area contributed by atoms with Gasteiger partial charge in [0.25, 0.3) is 0 Å². The van der Waals surface area contributed by atoms with Crippen molar-refractivity contribution in [1.29, 1.82) is 0 Å². The molecule has 1 atom stereocenters. The maximum Gasteiger partial charge on any atom is 0.306 e. The summed E-state index contributed by atoms with van der Waals surface area (Å²) in [5.74, 6) is -0.479. The number of nitrogens with two attached hydrogens (primary N) is 1. The molecule has 0 saturated heterocycles. The molecule has 0 saturated carbocycles. The third-order valence-corrected chi connectivity index (χ3v) is 8.32. The normalized spacial score (nSPS) is 12.4. The molecule has 0 heterocycles. The van der Waals surface area contributed by atoms with Crippen LogP contribution in [0.4, 0.5) is 0 Å². The molecule has 0 bridgehead atoms. The Kier molecular flexibility index (Phi) is 30.9. The Labute approximate surface area is 272 Å². The largest absolute Gasteiger partial charge is 0.462 e. The van der Waals surface area contributed by atoms with Crippen LogP contribution in [0.15, 0.2) is 0 Å². The predicted octanol–water partition coefficient (Wildman–Crippen LogP) is 9.96. The van der Waals surface area contributed by atoms with E-state index < -0.39 is 11.7 Å². The molecule has 1 unspecified atom stereocenters. The van der Waals surface area contributed by atoms with Crippen molar-refractivity contribution in [3.63, 3.8) is 0 Å². The average molecular weight is 628 g/mol. The summed E-state index contributed by atoms with van der Waals surface area (Å²) in [4.78, 5) is 24.9. The zero-order chi connectivity index (χ0) is 32.6. The van der Waals surface area contributed by atoms with Crippen LogP contribution >= 0.6 is 0 Å². The summed E-state index contributed by atoms with van der Waals surface area (Å²) >= 11 is 0. The second-order valence-corrected chi connectivity index (χ2v) is 13.3. The van der Waals surface area contributed by atoms with Crippen LogP contribution in [0.5, 0.6) is 0 Å². The van der Waals surface area contributed by atoms with Gasteiger partial charge in [-0.2, -0.15) is 0 Å². The first-order valence-corrected chi connectivity index (χ1v) is 18.6. The van der Waals surface area contributed by atoms with E-state index in [1.54, 1.807) is 0 Å². The van der Waals surface area contributed by atoms with E-state index in [9.17, 15) is 9.59 Å². The van der Waals surface area contributed by atoms with E-state index in [0.29, 0.717) is 25.9 Å². The minimum atomic E-state index is -0.602. The summed E-state index contributed by atoms with van der Waals surface area (Å²) in [5, 5.41) is 0. The van der Waals surface area contributed by atoms with E-state index >= 15 is 0 Å². The lowest BCUT2D eigenvalue weighted by Crippen LogP contribution is -2.32. The summed E-state index contributed by atoms with van der Waals surface area (Å²) in [6, 6.07) is 0. The molecule has 0 rings (SSSR count). The molecule has 0 aromatic heterocycles. The van der Waals surface area contributed by atoms with Crippen LogP contribution in [-0.2, 0) is 28.5 Å². The van der Waals surface area contributed by atoms with E-state index in [1.807, 2.05) is 13.8 Å². The van der Waals surface area contributed by atoms with Gasteiger partial charge in [0.15, 0.2) is 6.10 Å². The molecule has 2 N–H and O–H groups in total. The molecule has 262 valence electrons. The summed E-state index contributed by atoms with van der Waals surface area (Å²) < 4.78 is 22.5. The molecule has 0 fully saturated rings. The van der Waals surface area contributed by atoms with Crippen LogP contribution in [0, 0.1) is 0 Å². The van der Waals surface area contributed by atoms with Gasteiger partial charge in [-0.15, -0.1) is 0 Å². The molecule has 0 aromatic rings. The van der Waals surface area contributed by atoms with E-state index in [1.165, 1.54) is 109 Å². The van der Waals surface area contributed by atoms with E-state index in [-0.39, 0.29) is 31.9 Å². The second kappa shape index (κ2) is 31.8. The van der Waals surface area contributed by atoms with Crippen molar-refractivity contribution in [3.05, 3.63) is 0 Å². The highest BCUT2D eigenvalue weighted by Gasteiger charge is 2.20. The maximum absolute atomic E-state index is 12.6. The van der Waals surface area contributed by atoms with Crippen LogP contribution in [0.25, 0.3) is 0 Å². The number of carbonyl (C=O) groups excluding carboxylic acids is 2. The maximum atomic E-state index is 12.6. The van der Waals surface area contributed by atoms with Gasteiger partial charge in [0.2, 0.25) is 0 Å². The van der Waals surface area contributed by atoms with E-state index in [0.717, 1.165) is 32.1 Å². The van der Waals surface area contributed by atoms with Gasteiger partial charge >= 0.3 is 11.9 Å². The fourth-order valence-electron chi connectivity index (χ4n) is 5.32. The van der Waals surface area contributed by atoms with Crippen molar-refractivity contribution in [2.75, 3.05) is 26.6 Å². The standard InChI is InChI=1S/C37H73NO6/c1-5-7-9-11-13-15-17-19-21-23-25-27-35(39)42-32-34(31-41-30-29-37(3,4)43-33-38)44-36(40)28-26-24-22-20-18-16-14-12-10-8-6-2/h34H,5-33,38H2,1-4H3. The van der Waals surface area contributed by atoms with Crippen LogP contribution in [0.1, 0.15) is 188 Å². The molecule has 7 nitrogen and oxygen atoms in total. The number of carbonyl (C=O) groups is 2. The predicted molar refractivity (Wildman–Crippen MR) is 183 cm³/mol. The van der Waals surface area contributed by atoms with Crippen molar-refractivity contribution in [3.8, 4) is 0 Å². The zero-order valence-corrected chi connectivity index (χ0v) is 29.6. The third kappa shape index (κ3) is 30.8. The summed E-state index contributed by atoms with van der Waals surface area (Å²) in [5.41, 5.74) is 5.12. The van der Waals surface area contributed by atoms with Gasteiger partial charge < -0.3 is 24.7 Å². The average Bonchev–Trinajstić information content (AvgIpc) is 2.99. The van der Waals surface area contributed by atoms with Gasteiger partial charge in [0.1, 0.15) is 6.61 Å². The molecule has 0 aliphatic carbocycles. The van der Waals surface area contributed by atoms with Crippen molar-refractivity contribution in [1.82, 2.24) is 0 Å². The van der Waals surface area contributed by atoms with Gasteiger partial charge in [0.05, 0.1) is 18.9 Å². The van der Waals surface area contributed by atoms with Crippen LogP contribution < -0.4 is 5.73 Å². The number of unbranched alkanes of at least 4 members (excludes halogenated alkanes) is 20. The fourth-order valence-corrected chi connectivity index (χ4v) is 5.32. The lowest BCUT2D eigenvalue weighted by atomic mass is 10.1. The highest BCUT2D eigenvalue weighted by atomic mass is 16.6. The van der Waals surface area contributed by atoms with Crippen LogP contribution in [0.2, 0.25) is 0 Å². The minimum Gasteiger partial charge on any atom is -0.462 e. The molecule has 0 radical (unpaired) electrons. The van der Waals surface area contributed by atoms with Gasteiger partial charge in [0, 0.05) is 19.4 Å². The van der Waals surface area contributed by atoms with Crippen molar-refractivity contribution >= 4 is 11.9 Å². The minimum absolute atomic E-state index is 0.0313. The van der Waals surface area contributed by atoms with Crippen molar-refractivity contribution in [2.45, 2.75) is 200 Å². The first-order valence-electron chi connectivity index (χ1n) is 18.6. The number of esters is 2. The lowest BCUT2D eigenvalue weighted by molar-refractivity contribution is -0.163. The highest BCUT2D eigenvalue weighted by molar-refractivity contribution is 5.70. The summed E-state index contributed by atoms with van der Waals surface area (Å²) in [6.07, 6.45) is 28.1. The molecule has 0 aliphatic rings. The highest BCUT2D eigenvalue weighted by Crippen LogP contribution is 2.16. The van der Waals surface area contributed by atoms with Gasteiger partial charge in [-0.05, 0) is 33.1 Å². The first kappa shape index (κ1) is 42.8. The number of rotatable bonds is 34. The van der Waals surface area contributed by atoms with Crippen molar-refractivity contribution < 1.29 is 28.5 Å². The molecule has 0 amide bonds. The molecule has 44 heavy (non-hydrogen) atoms. The summed E-state index contributed by atoms with van der Waals surface area (Å²) in [6.45, 7) is 9.24. The second-order valence-electron chi connectivity index (χ2n) is 13.3. The van der Waals surface area contributed by atoms with Crippen molar-refractivity contribution in [2.24, 2.45) is 5.73 Å². The smallest absolute Gasteiger partial charge is 0.306 e. The number of ether oxygens (including phenoxy) is 4. The zero-order valence-electron chi connectivity index (χ0n) is 29.6. The molecular weight excluding hydrogens is 554 g/mol. The molecule has 0 aromatic carbocycles. The van der Waals surface area contributed by atoms with Gasteiger partial charge in [-0.1, -0.05) is 142 Å². The fraction of sp³-hybridized carbons (Fsp3) is 0.946. The van der Waals surface area contributed by atoms with Gasteiger partial charge in [-0.3, -0.25) is 9.59 Å². The Morgan fingerprint density at radius 2 is 1.00 bits per heavy atom. The Balaban J connectivity index is 4.24. The van der Waals surface area contributed by atoms with Crippen LogP contribution in [0.3, 0.4) is 0 Å². The summed E-state index contributed by atoms with van der Waals surface area (Å²) in [7, 11) is 0. The Hall–Kier alpha value is -1.18. The quantitative estimate of drug-likeness (QED) is 0.0431. The Bertz CT molecular complexity index is 641.